The second-order valence-electron chi connectivity index (χ2n) is 7.30. The molecule has 0 saturated heterocycles. The molecule has 0 bridgehead atoms. The number of esters is 1. The molecule has 1 aliphatic heterocycles. The van der Waals surface area contributed by atoms with Crippen molar-refractivity contribution < 1.29 is 33.7 Å². The minimum atomic E-state index is -0.523. The number of benzene rings is 2. The van der Waals surface area contributed by atoms with Gasteiger partial charge in [-0.05, 0) is 19.1 Å². The Bertz CT molecular complexity index is 1280. The van der Waals surface area contributed by atoms with Crippen LogP contribution in [0.2, 0.25) is 0 Å². The third kappa shape index (κ3) is 3.84. The van der Waals surface area contributed by atoms with Crippen LogP contribution in [-0.4, -0.2) is 70.2 Å². The van der Waals surface area contributed by atoms with E-state index in [1.807, 2.05) is 0 Å². The minimum absolute atomic E-state index is 0.00379. The molecule has 11 heteroatoms. The molecule has 3 aromatic rings. The van der Waals surface area contributed by atoms with E-state index in [-0.39, 0.29) is 47.1 Å². The van der Waals surface area contributed by atoms with Gasteiger partial charge < -0.3 is 19.3 Å². The Labute approximate surface area is 187 Å². The van der Waals surface area contributed by atoms with Crippen LogP contribution in [0.25, 0.3) is 16.7 Å². The van der Waals surface area contributed by atoms with E-state index in [0.29, 0.717) is 16.8 Å². The normalized spacial score (nSPS) is 12.8. The van der Waals surface area contributed by atoms with Gasteiger partial charge in [-0.3, -0.25) is 14.5 Å². The van der Waals surface area contributed by atoms with E-state index in [1.54, 1.807) is 6.92 Å². The number of ether oxygens (including phenoxy) is 3. The van der Waals surface area contributed by atoms with Gasteiger partial charge >= 0.3 is 5.97 Å². The largest absolute Gasteiger partial charge is 0.503 e. The third-order valence-electron chi connectivity index (χ3n) is 4.99. The van der Waals surface area contributed by atoms with Crippen LogP contribution in [-0.2, 0) is 9.53 Å². The predicted octanol–water partition coefficient (Wildman–Crippen LogP) is 1.86. The van der Waals surface area contributed by atoms with Crippen LogP contribution in [0.15, 0.2) is 36.4 Å². The summed E-state index contributed by atoms with van der Waals surface area (Å²) in [5.41, 5.74) is 1.63. The van der Waals surface area contributed by atoms with Gasteiger partial charge in [-0.25, -0.2) is 4.79 Å². The number of imide groups is 1. The quantitative estimate of drug-likeness (QED) is 0.247. The summed E-state index contributed by atoms with van der Waals surface area (Å²) in [5, 5.41) is 19.3. The van der Waals surface area contributed by atoms with E-state index >= 15 is 0 Å². The second kappa shape index (κ2) is 8.26. The summed E-state index contributed by atoms with van der Waals surface area (Å²) in [6.45, 7) is 5.09. The number of aromatic nitrogens is 3. The number of phenolic OH excluding ortho intramolecular Hbond substituents is 1. The van der Waals surface area contributed by atoms with Crippen LogP contribution in [0.1, 0.15) is 27.6 Å². The van der Waals surface area contributed by atoms with Gasteiger partial charge in [-0.1, -0.05) is 6.58 Å². The second-order valence-corrected chi connectivity index (χ2v) is 7.30. The number of hydrogen-bond donors (Lipinski definition) is 1. The highest BCUT2D eigenvalue weighted by molar-refractivity contribution is 6.22. The molecule has 2 aromatic carbocycles. The first-order valence-corrected chi connectivity index (χ1v) is 9.81. The summed E-state index contributed by atoms with van der Waals surface area (Å²) in [6, 6.07) is 5.92. The fraction of sp³-hybridized carbons (Fsp3) is 0.227. The summed E-state index contributed by atoms with van der Waals surface area (Å²) >= 11 is 0. The van der Waals surface area contributed by atoms with Crippen LogP contribution in [0.4, 0.5) is 0 Å². The van der Waals surface area contributed by atoms with Gasteiger partial charge in [0.2, 0.25) is 0 Å². The van der Waals surface area contributed by atoms with Crippen molar-refractivity contribution in [2.75, 3.05) is 27.4 Å². The van der Waals surface area contributed by atoms with Crippen molar-refractivity contribution in [3.05, 3.63) is 47.5 Å². The predicted molar refractivity (Wildman–Crippen MR) is 115 cm³/mol. The lowest BCUT2D eigenvalue weighted by molar-refractivity contribution is -0.139. The number of hydrogen-bond acceptors (Lipinski definition) is 9. The summed E-state index contributed by atoms with van der Waals surface area (Å²) in [5.74, 6) is -1.18. The maximum Gasteiger partial charge on any atom is 0.333 e. The van der Waals surface area contributed by atoms with Crippen molar-refractivity contribution >= 4 is 28.8 Å². The van der Waals surface area contributed by atoms with Gasteiger partial charge in [0.25, 0.3) is 11.8 Å². The molecular formula is C22H20N4O7. The van der Waals surface area contributed by atoms with Crippen LogP contribution in [0.5, 0.6) is 17.2 Å². The molecule has 0 fully saturated rings. The fourth-order valence-corrected chi connectivity index (χ4v) is 3.26. The van der Waals surface area contributed by atoms with E-state index in [9.17, 15) is 19.5 Å². The molecule has 33 heavy (non-hydrogen) atoms. The molecule has 170 valence electrons. The molecule has 0 atom stereocenters. The van der Waals surface area contributed by atoms with Crippen molar-refractivity contribution in [1.29, 1.82) is 0 Å². The molecule has 0 spiro atoms. The number of amides is 2. The highest BCUT2D eigenvalue weighted by Gasteiger charge is 2.33. The monoisotopic (exact) mass is 452 g/mol. The molecule has 0 aliphatic carbocycles. The number of aromatic hydroxyl groups is 1. The highest BCUT2D eigenvalue weighted by atomic mass is 16.6. The van der Waals surface area contributed by atoms with Gasteiger partial charge in [-0.2, -0.15) is 0 Å². The van der Waals surface area contributed by atoms with Crippen LogP contribution in [0.3, 0.4) is 0 Å². The SMILES string of the molecule is C=C(C)C(=O)OCCOc1cc(OC)c(O)c(-n2nc3cc4c(cc3n2)C(=O)N(C)C4=O)c1. The maximum absolute atomic E-state index is 12.3. The first kappa shape index (κ1) is 21.8. The molecule has 2 amide bonds. The van der Waals surface area contributed by atoms with Crippen molar-refractivity contribution in [3.63, 3.8) is 0 Å². The Morgan fingerprint density at radius 2 is 1.67 bits per heavy atom. The van der Waals surface area contributed by atoms with Gasteiger partial charge in [0.05, 0.1) is 18.2 Å². The summed E-state index contributed by atoms with van der Waals surface area (Å²) in [6.07, 6.45) is 0. The highest BCUT2D eigenvalue weighted by Crippen LogP contribution is 2.37. The minimum Gasteiger partial charge on any atom is -0.503 e. The fourth-order valence-electron chi connectivity index (χ4n) is 3.26. The Balaban J connectivity index is 1.65. The zero-order chi connectivity index (χ0) is 23.9. The molecule has 0 unspecified atom stereocenters. The van der Waals surface area contributed by atoms with E-state index in [2.05, 4.69) is 16.8 Å². The molecule has 0 radical (unpaired) electrons. The van der Waals surface area contributed by atoms with Gasteiger partial charge in [0.15, 0.2) is 11.5 Å². The molecule has 1 N–H and O–H groups in total. The summed E-state index contributed by atoms with van der Waals surface area (Å²) < 4.78 is 15.8. The average molecular weight is 452 g/mol. The van der Waals surface area contributed by atoms with E-state index in [0.717, 1.165) is 9.70 Å². The molecule has 1 aromatic heterocycles. The average Bonchev–Trinajstić information content (AvgIpc) is 3.30. The van der Waals surface area contributed by atoms with E-state index in [1.165, 1.54) is 38.4 Å². The Hall–Kier alpha value is -4.41. The van der Waals surface area contributed by atoms with Gasteiger partial charge in [0.1, 0.15) is 35.7 Å². The first-order valence-electron chi connectivity index (χ1n) is 9.81. The van der Waals surface area contributed by atoms with Crippen molar-refractivity contribution in [2.24, 2.45) is 0 Å². The number of fused-ring (bicyclic) bond motifs is 2. The molecule has 4 rings (SSSR count). The zero-order valence-corrected chi connectivity index (χ0v) is 18.1. The number of rotatable bonds is 7. The number of phenols is 1. The summed E-state index contributed by atoms with van der Waals surface area (Å²) in [4.78, 5) is 38.2. The number of methoxy groups -OCH3 is 1. The topological polar surface area (TPSA) is 133 Å². The lowest BCUT2D eigenvalue weighted by atomic mass is 10.1. The zero-order valence-electron chi connectivity index (χ0n) is 18.1. The molecule has 1 aliphatic rings. The summed E-state index contributed by atoms with van der Waals surface area (Å²) in [7, 11) is 2.79. The first-order chi connectivity index (χ1) is 15.7. The number of carbonyl (C=O) groups is 3. The Morgan fingerprint density at radius 1 is 1.06 bits per heavy atom. The van der Waals surface area contributed by atoms with Crippen LogP contribution >= 0.6 is 0 Å². The Morgan fingerprint density at radius 3 is 2.21 bits per heavy atom. The van der Waals surface area contributed by atoms with Crippen LogP contribution < -0.4 is 9.47 Å². The number of carbonyl (C=O) groups excluding carboxylic acids is 3. The lowest BCUT2D eigenvalue weighted by Gasteiger charge is -2.12. The van der Waals surface area contributed by atoms with Gasteiger partial charge in [0, 0.05) is 24.8 Å². The van der Waals surface area contributed by atoms with Crippen molar-refractivity contribution in [3.8, 4) is 22.9 Å². The lowest BCUT2D eigenvalue weighted by Crippen LogP contribution is -2.24. The van der Waals surface area contributed by atoms with E-state index in [4.69, 9.17) is 14.2 Å². The molecule has 2 heterocycles. The molecule has 0 saturated carbocycles. The maximum atomic E-state index is 12.3. The standard InChI is InChI=1S/C22H20N4O7/c1-11(2)22(30)33-6-5-32-12-7-17(19(27)18(8-12)31-4)26-23-15-9-13-14(10-16(15)24-26)21(29)25(3)20(13)28/h7-10,27H,1,5-6H2,2-4H3. The molecular weight excluding hydrogens is 432 g/mol. The third-order valence-corrected chi connectivity index (χ3v) is 4.99. The van der Waals surface area contributed by atoms with E-state index < -0.39 is 17.8 Å². The number of nitrogens with zero attached hydrogens (tertiary/aromatic N) is 4. The van der Waals surface area contributed by atoms with Crippen molar-refractivity contribution in [1.82, 2.24) is 19.9 Å². The Kier molecular flexibility index (Phi) is 5.46. The van der Waals surface area contributed by atoms with Gasteiger partial charge in [-0.15, -0.1) is 15.0 Å². The van der Waals surface area contributed by atoms with Crippen LogP contribution in [0, 0.1) is 0 Å². The molecule has 11 nitrogen and oxygen atoms in total. The van der Waals surface area contributed by atoms with Crippen molar-refractivity contribution in [2.45, 2.75) is 6.92 Å². The smallest absolute Gasteiger partial charge is 0.333 e.